The van der Waals surface area contributed by atoms with Gasteiger partial charge in [0, 0.05) is 16.5 Å². The number of nitrogens with zero attached hydrogens (tertiary/aromatic N) is 3. The molecule has 108 valence electrons. The van der Waals surface area contributed by atoms with Gasteiger partial charge in [-0.05, 0) is 42.8 Å². The van der Waals surface area contributed by atoms with Crippen molar-refractivity contribution in [2.24, 2.45) is 0 Å². The van der Waals surface area contributed by atoms with Gasteiger partial charge < -0.3 is 5.11 Å². The number of hydrogen-bond donors (Lipinski definition) is 3. The minimum atomic E-state index is 0.225. The molecule has 0 atom stereocenters. The molecule has 6 nitrogen and oxygen atoms in total. The second kappa shape index (κ2) is 4.70. The molecule has 0 bridgehead atoms. The van der Waals surface area contributed by atoms with Gasteiger partial charge >= 0.3 is 0 Å². The molecule has 0 aliphatic heterocycles. The smallest absolute Gasteiger partial charge is 0.155 e. The summed E-state index contributed by atoms with van der Waals surface area (Å²) in [6.07, 6.45) is 1.48. The number of nitrogens with one attached hydrogen (secondary N) is 2. The van der Waals surface area contributed by atoms with Gasteiger partial charge in [0.15, 0.2) is 5.82 Å². The minimum absolute atomic E-state index is 0.225. The number of fused-ring (bicyclic) bond motifs is 1. The molecular formula is C16H13N5O. The van der Waals surface area contributed by atoms with E-state index in [0.717, 1.165) is 33.3 Å². The number of H-pyrrole nitrogens is 2. The highest BCUT2D eigenvalue weighted by atomic mass is 16.3. The van der Waals surface area contributed by atoms with Crippen molar-refractivity contribution in [2.45, 2.75) is 6.92 Å². The molecule has 0 amide bonds. The molecule has 0 fully saturated rings. The molecule has 2 aromatic heterocycles. The molecule has 0 unspecified atom stereocenters. The van der Waals surface area contributed by atoms with Gasteiger partial charge in [0.25, 0.3) is 0 Å². The van der Waals surface area contributed by atoms with Crippen LogP contribution in [0.25, 0.3) is 33.5 Å². The van der Waals surface area contributed by atoms with Crippen molar-refractivity contribution in [1.82, 2.24) is 25.4 Å². The van der Waals surface area contributed by atoms with E-state index in [9.17, 15) is 5.11 Å². The van der Waals surface area contributed by atoms with E-state index >= 15 is 0 Å². The Morgan fingerprint density at radius 2 is 1.95 bits per heavy atom. The number of hydrogen-bond acceptors (Lipinski definition) is 4. The van der Waals surface area contributed by atoms with Crippen LogP contribution in [0.1, 0.15) is 5.56 Å². The zero-order chi connectivity index (χ0) is 15.1. The van der Waals surface area contributed by atoms with E-state index in [0.29, 0.717) is 5.82 Å². The third-order valence-corrected chi connectivity index (χ3v) is 3.73. The summed E-state index contributed by atoms with van der Waals surface area (Å²) in [5, 5.41) is 24.9. The number of phenols is 1. The van der Waals surface area contributed by atoms with E-state index < -0.39 is 0 Å². The lowest BCUT2D eigenvalue weighted by Crippen LogP contribution is -1.85. The van der Waals surface area contributed by atoms with E-state index in [-0.39, 0.29) is 5.75 Å². The van der Waals surface area contributed by atoms with Crippen molar-refractivity contribution in [3.05, 3.63) is 48.3 Å². The molecule has 6 heteroatoms. The summed E-state index contributed by atoms with van der Waals surface area (Å²) in [5.74, 6) is 0.935. The number of aromatic nitrogens is 5. The highest BCUT2D eigenvalue weighted by Crippen LogP contribution is 2.32. The molecule has 4 aromatic rings. The van der Waals surface area contributed by atoms with Gasteiger partial charge in [-0.1, -0.05) is 6.07 Å². The molecule has 0 spiro atoms. The Bertz CT molecular complexity index is 956. The van der Waals surface area contributed by atoms with Crippen LogP contribution in [0.2, 0.25) is 0 Å². The van der Waals surface area contributed by atoms with Gasteiger partial charge in [-0.3, -0.25) is 10.2 Å². The van der Waals surface area contributed by atoms with Gasteiger partial charge in [0.2, 0.25) is 0 Å². The molecule has 3 N–H and O–H groups in total. The fraction of sp³-hybridized carbons (Fsp3) is 0.0625. The quantitative estimate of drug-likeness (QED) is 0.529. The van der Waals surface area contributed by atoms with Crippen molar-refractivity contribution in [2.75, 3.05) is 0 Å². The fourth-order valence-corrected chi connectivity index (χ4v) is 2.58. The van der Waals surface area contributed by atoms with Crippen LogP contribution in [-0.2, 0) is 0 Å². The van der Waals surface area contributed by atoms with Crippen molar-refractivity contribution >= 4 is 10.9 Å². The lowest BCUT2D eigenvalue weighted by atomic mass is 10.0. The lowest BCUT2D eigenvalue weighted by Gasteiger charge is -2.04. The number of aryl methyl sites for hydroxylation is 1. The van der Waals surface area contributed by atoms with Crippen LogP contribution in [0.3, 0.4) is 0 Å². The minimum Gasteiger partial charge on any atom is -0.508 e. The van der Waals surface area contributed by atoms with Crippen LogP contribution < -0.4 is 0 Å². The molecule has 0 saturated heterocycles. The molecule has 0 saturated carbocycles. The fourth-order valence-electron chi connectivity index (χ4n) is 2.58. The SMILES string of the molecule is Cc1ccc(O)cc1-c1n[nH]c2ccc(-c3ncn[nH]3)cc12. The molecule has 4 rings (SSSR count). The van der Waals surface area contributed by atoms with Gasteiger partial charge in [-0.25, -0.2) is 4.98 Å². The van der Waals surface area contributed by atoms with Crippen LogP contribution in [0.5, 0.6) is 5.75 Å². The number of aromatic hydroxyl groups is 1. The van der Waals surface area contributed by atoms with Crippen LogP contribution in [-0.4, -0.2) is 30.5 Å². The predicted molar refractivity (Wildman–Crippen MR) is 83.3 cm³/mol. The third kappa shape index (κ3) is 1.93. The average molecular weight is 291 g/mol. The molecular weight excluding hydrogens is 278 g/mol. The first-order valence-corrected chi connectivity index (χ1v) is 6.86. The van der Waals surface area contributed by atoms with E-state index in [1.807, 2.05) is 31.2 Å². The number of phenolic OH excluding ortho intramolecular Hbond substituents is 1. The first-order chi connectivity index (χ1) is 10.7. The van der Waals surface area contributed by atoms with Crippen LogP contribution in [0.4, 0.5) is 0 Å². The summed E-state index contributed by atoms with van der Waals surface area (Å²) in [4.78, 5) is 4.17. The highest BCUT2D eigenvalue weighted by Gasteiger charge is 2.13. The van der Waals surface area contributed by atoms with E-state index in [4.69, 9.17) is 0 Å². The topological polar surface area (TPSA) is 90.5 Å². The number of benzene rings is 2. The van der Waals surface area contributed by atoms with Crippen molar-refractivity contribution in [3.63, 3.8) is 0 Å². The normalized spacial score (nSPS) is 11.1. The van der Waals surface area contributed by atoms with Gasteiger partial charge in [-0.15, -0.1) is 0 Å². The molecule has 22 heavy (non-hydrogen) atoms. The highest BCUT2D eigenvalue weighted by molar-refractivity contribution is 5.96. The monoisotopic (exact) mass is 291 g/mol. The maximum absolute atomic E-state index is 9.75. The Hall–Kier alpha value is -3.15. The summed E-state index contributed by atoms with van der Waals surface area (Å²) < 4.78 is 0. The molecule has 0 aliphatic carbocycles. The number of aromatic amines is 2. The second-order valence-corrected chi connectivity index (χ2v) is 5.17. The first kappa shape index (κ1) is 12.6. The first-order valence-electron chi connectivity index (χ1n) is 6.86. The number of rotatable bonds is 2. The Labute approximate surface area is 125 Å². The Kier molecular flexibility index (Phi) is 2.69. The second-order valence-electron chi connectivity index (χ2n) is 5.17. The van der Waals surface area contributed by atoms with Gasteiger partial charge in [0.1, 0.15) is 17.8 Å². The summed E-state index contributed by atoms with van der Waals surface area (Å²) >= 11 is 0. The molecule has 2 heterocycles. The summed E-state index contributed by atoms with van der Waals surface area (Å²) in [6.45, 7) is 2.00. The van der Waals surface area contributed by atoms with E-state index in [1.54, 1.807) is 12.1 Å². The average Bonchev–Trinajstić information content (AvgIpc) is 3.18. The standard InChI is InChI=1S/C16H13N5O/c1-9-2-4-11(22)7-12(9)15-13-6-10(16-17-8-18-21-16)3-5-14(13)19-20-15/h2-8,22H,1H3,(H,19,20)(H,17,18,21). The summed E-state index contributed by atoms with van der Waals surface area (Å²) in [5.41, 5.74) is 4.63. The van der Waals surface area contributed by atoms with Crippen molar-refractivity contribution in [3.8, 4) is 28.4 Å². The van der Waals surface area contributed by atoms with Crippen LogP contribution >= 0.6 is 0 Å². The van der Waals surface area contributed by atoms with Crippen LogP contribution in [0, 0.1) is 6.92 Å². The van der Waals surface area contributed by atoms with E-state index in [1.165, 1.54) is 6.33 Å². The van der Waals surface area contributed by atoms with Crippen LogP contribution in [0.15, 0.2) is 42.7 Å². The zero-order valence-electron chi connectivity index (χ0n) is 11.8. The predicted octanol–water partition coefficient (Wildman–Crippen LogP) is 3.03. The maximum Gasteiger partial charge on any atom is 0.155 e. The summed E-state index contributed by atoms with van der Waals surface area (Å²) in [7, 11) is 0. The zero-order valence-corrected chi connectivity index (χ0v) is 11.8. The van der Waals surface area contributed by atoms with Crippen molar-refractivity contribution in [1.29, 1.82) is 0 Å². The molecule has 2 aromatic carbocycles. The summed E-state index contributed by atoms with van der Waals surface area (Å²) in [6, 6.07) is 11.2. The Balaban J connectivity index is 1.95. The maximum atomic E-state index is 9.75. The largest absolute Gasteiger partial charge is 0.508 e. The van der Waals surface area contributed by atoms with Crippen molar-refractivity contribution < 1.29 is 5.11 Å². The van der Waals surface area contributed by atoms with Gasteiger partial charge in [0.05, 0.1) is 5.52 Å². The molecule has 0 aliphatic rings. The lowest BCUT2D eigenvalue weighted by molar-refractivity contribution is 0.475. The molecule has 0 radical (unpaired) electrons. The Morgan fingerprint density at radius 3 is 2.77 bits per heavy atom. The van der Waals surface area contributed by atoms with Gasteiger partial charge in [-0.2, -0.15) is 10.2 Å². The third-order valence-electron chi connectivity index (χ3n) is 3.73. The van der Waals surface area contributed by atoms with E-state index in [2.05, 4.69) is 25.4 Å². The Morgan fingerprint density at radius 1 is 1.05 bits per heavy atom.